The van der Waals surface area contributed by atoms with Crippen LogP contribution in [0, 0.1) is 0 Å². The van der Waals surface area contributed by atoms with Crippen LogP contribution < -0.4 is 4.31 Å². The number of nitrogens with zero attached hydrogens (tertiary/aromatic N) is 1. The Morgan fingerprint density at radius 2 is 1.55 bits per heavy atom. The van der Waals surface area contributed by atoms with Crippen LogP contribution in [0.15, 0.2) is 59.5 Å². The number of phenolic OH excluding ortho intramolecular Hbond substituents is 1. The molecule has 0 heterocycles. The number of para-hydroxylation sites is 1. The summed E-state index contributed by atoms with van der Waals surface area (Å²) in [4.78, 5) is 0.0626. The summed E-state index contributed by atoms with van der Waals surface area (Å²) in [6.45, 7) is -0.320. The van der Waals surface area contributed by atoms with Crippen LogP contribution in [0.4, 0.5) is 5.69 Å². The van der Waals surface area contributed by atoms with Gasteiger partial charge in [-0.3, -0.25) is 4.31 Å². The minimum Gasteiger partial charge on any atom is -0.508 e. The molecule has 0 unspecified atom stereocenters. The number of aromatic hydroxyl groups is 1. The van der Waals surface area contributed by atoms with Crippen molar-refractivity contribution in [2.24, 2.45) is 0 Å². The predicted molar refractivity (Wildman–Crippen MR) is 76.2 cm³/mol. The van der Waals surface area contributed by atoms with Crippen molar-refractivity contribution in [1.82, 2.24) is 0 Å². The van der Waals surface area contributed by atoms with Gasteiger partial charge in [-0.05, 0) is 36.4 Å². The van der Waals surface area contributed by atoms with Gasteiger partial charge in [0.1, 0.15) is 5.75 Å². The molecule has 0 radical (unpaired) electrons. The van der Waals surface area contributed by atoms with Crippen LogP contribution in [0.3, 0.4) is 0 Å². The number of aliphatic hydroxyl groups excluding tert-OH is 1. The summed E-state index contributed by atoms with van der Waals surface area (Å²) >= 11 is 0. The van der Waals surface area contributed by atoms with Crippen LogP contribution >= 0.6 is 0 Å². The molecule has 5 nitrogen and oxygen atoms in total. The number of aliphatic hydroxyl groups is 1. The molecule has 6 heteroatoms. The Morgan fingerprint density at radius 3 is 2.10 bits per heavy atom. The van der Waals surface area contributed by atoms with Crippen LogP contribution in [0.1, 0.15) is 0 Å². The standard InChI is InChI=1S/C14H15NO4S/c16-11-10-15(12-4-2-1-3-5-12)20(18,19)14-8-6-13(17)7-9-14/h1-9,16-17H,10-11H2. The number of phenols is 1. The first-order valence-electron chi connectivity index (χ1n) is 6.03. The molecule has 2 N–H and O–H groups in total. The van der Waals surface area contributed by atoms with Gasteiger partial charge in [0.05, 0.1) is 23.7 Å². The van der Waals surface area contributed by atoms with E-state index in [0.717, 1.165) is 4.31 Å². The number of anilines is 1. The third-order valence-corrected chi connectivity index (χ3v) is 4.61. The van der Waals surface area contributed by atoms with Gasteiger partial charge in [0.15, 0.2) is 0 Å². The maximum atomic E-state index is 12.6. The molecular weight excluding hydrogens is 278 g/mol. The van der Waals surface area contributed by atoms with Crippen molar-refractivity contribution in [2.45, 2.75) is 4.90 Å². The first-order valence-corrected chi connectivity index (χ1v) is 7.47. The molecule has 0 aliphatic carbocycles. The van der Waals surface area contributed by atoms with E-state index in [-0.39, 0.29) is 23.8 Å². The van der Waals surface area contributed by atoms with Gasteiger partial charge in [-0.25, -0.2) is 8.42 Å². The Kier molecular flexibility index (Phi) is 4.26. The van der Waals surface area contributed by atoms with Crippen LogP contribution in [0.2, 0.25) is 0 Å². The summed E-state index contributed by atoms with van der Waals surface area (Å²) in [7, 11) is -3.77. The topological polar surface area (TPSA) is 77.8 Å². The third-order valence-electron chi connectivity index (χ3n) is 2.77. The fraction of sp³-hybridized carbons (Fsp3) is 0.143. The molecule has 2 aromatic rings. The molecule has 0 aliphatic heterocycles. The van der Waals surface area contributed by atoms with Gasteiger partial charge in [-0.2, -0.15) is 0 Å². The fourth-order valence-electron chi connectivity index (χ4n) is 1.82. The highest BCUT2D eigenvalue weighted by Gasteiger charge is 2.24. The highest BCUT2D eigenvalue weighted by Crippen LogP contribution is 2.24. The van der Waals surface area contributed by atoms with Crippen LogP contribution in [-0.2, 0) is 10.0 Å². The van der Waals surface area contributed by atoms with E-state index in [1.807, 2.05) is 0 Å². The summed E-state index contributed by atoms with van der Waals surface area (Å²) in [5, 5.41) is 18.3. The number of benzene rings is 2. The monoisotopic (exact) mass is 293 g/mol. The lowest BCUT2D eigenvalue weighted by atomic mass is 10.3. The molecule has 0 saturated heterocycles. The zero-order chi connectivity index (χ0) is 14.6. The third kappa shape index (κ3) is 2.92. The minimum absolute atomic E-state index is 0.00244. The average molecular weight is 293 g/mol. The Bertz CT molecular complexity index is 653. The Morgan fingerprint density at radius 1 is 0.950 bits per heavy atom. The van der Waals surface area contributed by atoms with Crippen LogP contribution in [0.25, 0.3) is 0 Å². The van der Waals surface area contributed by atoms with E-state index in [9.17, 15) is 13.5 Å². The molecule has 2 aromatic carbocycles. The lowest BCUT2D eigenvalue weighted by Crippen LogP contribution is -2.33. The average Bonchev–Trinajstić information content (AvgIpc) is 2.46. The van der Waals surface area contributed by atoms with E-state index < -0.39 is 10.0 Å². The van der Waals surface area contributed by atoms with Gasteiger partial charge in [-0.1, -0.05) is 18.2 Å². The van der Waals surface area contributed by atoms with E-state index in [1.165, 1.54) is 24.3 Å². The molecule has 0 aromatic heterocycles. The van der Waals surface area contributed by atoms with Crippen molar-refractivity contribution in [3.05, 3.63) is 54.6 Å². The van der Waals surface area contributed by atoms with E-state index >= 15 is 0 Å². The van der Waals surface area contributed by atoms with Gasteiger partial charge in [0, 0.05) is 0 Å². The second-order valence-corrected chi connectivity index (χ2v) is 5.99. The molecule has 0 spiro atoms. The summed E-state index contributed by atoms with van der Waals surface area (Å²) in [6, 6.07) is 13.9. The largest absolute Gasteiger partial charge is 0.508 e. The Labute approximate surface area is 117 Å². The zero-order valence-electron chi connectivity index (χ0n) is 10.7. The maximum Gasteiger partial charge on any atom is 0.264 e. The number of sulfonamides is 1. The summed E-state index contributed by atoms with van der Waals surface area (Å²) in [5.74, 6) is -0.00244. The first kappa shape index (κ1) is 14.4. The van der Waals surface area contributed by atoms with Crippen molar-refractivity contribution >= 4 is 15.7 Å². The number of hydrogen-bond donors (Lipinski definition) is 2. The zero-order valence-corrected chi connectivity index (χ0v) is 11.5. The molecule has 0 fully saturated rings. The molecule has 0 bridgehead atoms. The van der Waals surface area contributed by atoms with Crippen molar-refractivity contribution in [2.75, 3.05) is 17.5 Å². The lowest BCUT2D eigenvalue weighted by molar-refractivity contribution is 0.306. The molecular formula is C14H15NO4S. The van der Waals surface area contributed by atoms with Crippen molar-refractivity contribution in [1.29, 1.82) is 0 Å². The molecule has 0 aliphatic rings. The Hall–Kier alpha value is -2.05. The van der Waals surface area contributed by atoms with Crippen molar-refractivity contribution in [3.63, 3.8) is 0 Å². The fourth-order valence-corrected chi connectivity index (χ4v) is 3.27. The quantitative estimate of drug-likeness (QED) is 0.877. The smallest absolute Gasteiger partial charge is 0.264 e. The first-order chi connectivity index (χ1) is 9.55. The SMILES string of the molecule is O=S(=O)(c1ccc(O)cc1)N(CCO)c1ccccc1. The summed E-state index contributed by atoms with van der Waals surface area (Å²) in [6.07, 6.45) is 0. The predicted octanol–water partition coefficient (Wildman–Crippen LogP) is 1.58. The van der Waals surface area contributed by atoms with Crippen LogP contribution in [0.5, 0.6) is 5.75 Å². The van der Waals surface area contributed by atoms with Gasteiger partial charge < -0.3 is 10.2 Å². The number of rotatable bonds is 5. The maximum absolute atomic E-state index is 12.6. The normalized spacial score (nSPS) is 11.2. The second-order valence-electron chi connectivity index (χ2n) is 4.13. The molecule has 106 valence electrons. The van der Waals surface area contributed by atoms with Crippen LogP contribution in [-0.4, -0.2) is 31.8 Å². The van der Waals surface area contributed by atoms with E-state index in [1.54, 1.807) is 30.3 Å². The Balaban J connectivity index is 2.45. The highest BCUT2D eigenvalue weighted by molar-refractivity contribution is 7.92. The molecule has 0 amide bonds. The van der Waals surface area contributed by atoms with Gasteiger partial charge in [0.2, 0.25) is 0 Å². The lowest BCUT2D eigenvalue weighted by Gasteiger charge is -2.23. The number of hydrogen-bond acceptors (Lipinski definition) is 4. The van der Waals surface area contributed by atoms with Crippen molar-refractivity contribution < 1.29 is 18.6 Å². The molecule has 0 saturated carbocycles. The van der Waals surface area contributed by atoms with E-state index in [2.05, 4.69) is 0 Å². The molecule has 0 atom stereocenters. The van der Waals surface area contributed by atoms with Gasteiger partial charge in [-0.15, -0.1) is 0 Å². The summed E-state index contributed by atoms with van der Waals surface area (Å²) in [5.41, 5.74) is 0.481. The summed E-state index contributed by atoms with van der Waals surface area (Å²) < 4.78 is 26.3. The highest BCUT2D eigenvalue weighted by atomic mass is 32.2. The molecule has 2 rings (SSSR count). The molecule has 20 heavy (non-hydrogen) atoms. The van der Waals surface area contributed by atoms with E-state index in [0.29, 0.717) is 5.69 Å². The van der Waals surface area contributed by atoms with Gasteiger partial charge in [0.25, 0.3) is 10.0 Å². The minimum atomic E-state index is -3.77. The van der Waals surface area contributed by atoms with E-state index in [4.69, 9.17) is 5.11 Å². The van der Waals surface area contributed by atoms with Gasteiger partial charge >= 0.3 is 0 Å². The second kappa shape index (κ2) is 5.94. The van der Waals surface area contributed by atoms with Crippen molar-refractivity contribution in [3.8, 4) is 5.75 Å².